The Balaban J connectivity index is 0.677. The van der Waals surface area contributed by atoms with Crippen LogP contribution < -0.4 is 15.4 Å². The van der Waals surface area contributed by atoms with Crippen molar-refractivity contribution in [2.45, 2.75) is 116 Å². The number of hydrogen-bond donors (Lipinski definition) is 3. The molecule has 0 unspecified atom stereocenters. The molecule has 1 atom stereocenters. The molecule has 0 bridgehead atoms. The van der Waals surface area contributed by atoms with E-state index in [0.717, 1.165) is 130 Å². The molecule has 0 spiro atoms. The maximum Gasteiger partial charge on any atom is 0.325 e. The molecule has 3 aliphatic rings. The molecule has 3 saturated heterocycles. The lowest BCUT2D eigenvalue weighted by molar-refractivity contribution is -0.139. The van der Waals surface area contributed by atoms with Gasteiger partial charge in [0, 0.05) is 90.5 Å². The number of rotatable bonds is 22. The summed E-state index contributed by atoms with van der Waals surface area (Å²) in [5.41, 5.74) is 5.25. The number of ketones is 1. The molecule has 6 amide bonds. The van der Waals surface area contributed by atoms with Crippen molar-refractivity contribution in [3.63, 3.8) is 0 Å². The Morgan fingerprint density at radius 3 is 2.42 bits per heavy atom. The number of carbonyl (C=O) groups excluding carboxylic acids is 6. The number of aromatic amines is 1. The summed E-state index contributed by atoms with van der Waals surface area (Å²) < 4.78 is 7.72. The Bertz CT molecular complexity index is 2640. The molecule has 17 heteroatoms. The molecular formula is C50H57Cl2N7O7S. The van der Waals surface area contributed by atoms with Crippen LogP contribution in [0.5, 0.6) is 5.75 Å². The van der Waals surface area contributed by atoms with Gasteiger partial charge in [0.1, 0.15) is 17.9 Å². The summed E-state index contributed by atoms with van der Waals surface area (Å²) in [7, 11) is 0. The first-order valence-corrected chi connectivity index (χ1v) is 25.0. The number of unbranched alkanes of at least 4 members (excludes halogenated alkanes) is 5. The average molecular weight is 971 g/mol. The number of imide groups is 2. The van der Waals surface area contributed by atoms with Crippen LogP contribution in [0.1, 0.15) is 99.5 Å². The summed E-state index contributed by atoms with van der Waals surface area (Å²) in [6.45, 7) is 5.37. The van der Waals surface area contributed by atoms with Gasteiger partial charge >= 0.3 is 6.03 Å². The lowest BCUT2D eigenvalue weighted by atomic mass is 10.0. The van der Waals surface area contributed by atoms with Crippen molar-refractivity contribution in [3.05, 3.63) is 80.9 Å². The number of urea groups is 1. The zero-order valence-electron chi connectivity index (χ0n) is 37.8. The van der Waals surface area contributed by atoms with Crippen LogP contribution in [0.15, 0.2) is 54.9 Å². The molecule has 67 heavy (non-hydrogen) atoms. The Morgan fingerprint density at radius 2 is 1.64 bits per heavy atom. The van der Waals surface area contributed by atoms with Gasteiger partial charge < -0.3 is 25.3 Å². The van der Waals surface area contributed by atoms with E-state index in [4.69, 9.17) is 27.9 Å². The highest BCUT2D eigenvalue weighted by atomic mass is 35.5. The first kappa shape index (κ1) is 48.1. The van der Waals surface area contributed by atoms with Gasteiger partial charge in [0.2, 0.25) is 17.7 Å². The predicted octanol–water partition coefficient (Wildman–Crippen LogP) is 8.91. The molecule has 0 saturated carbocycles. The van der Waals surface area contributed by atoms with Crippen LogP contribution in [0.25, 0.3) is 32.2 Å². The predicted molar refractivity (Wildman–Crippen MR) is 260 cm³/mol. The number of likely N-dealkylation sites (tertiary alicyclic amines) is 2. The molecule has 0 aliphatic carbocycles. The number of ether oxygens (including phenoxy) is 1. The number of aryl methyl sites for hydroxylation is 1. The fourth-order valence-corrected chi connectivity index (χ4v) is 11.0. The first-order valence-electron chi connectivity index (χ1n) is 23.5. The third-order valence-corrected chi connectivity index (χ3v) is 14.7. The van der Waals surface area contributed by atoms with Crippen molar-refractivity contribution in [3.8, 4) is 16.9 Å². The SMILES string of the molecule is Cc1cc(Cl)cc(-c2ccnc3cc(CN4C(=O)CCC4=O)sc23)c1OC1CCN(CCCNC(=O)CCCCCCCCC(=O)CN2C(=O)N[C@H](Cc3c[nH]c4c(Cl)cccc34)C2=O)CC1. The molecule has 14 nitrogen and oxygen atoms in total. The molecule has 5 aromatic rings. The maximum atomic E-state index is 13.0. The molecule has 2 aromatic carbocycles. The number of carbonyl (C=O) groups is 6. The van der Waals surface area contributed by atoms with Crippen molar-refractivity contribution in [1.29, 1.82) is 0 Å². The number of aromatic nitrogens is 2. The van der Waals surface area contributed by atoms with Gasteiger partial charge in [-0.15, -0.1) is 11.3 Å². The van der Waals surface area contributed by atoms with Gasteiger partial charge in [-0.1, -0.05) is 61.0 Å². The Hall–Kier alpha value is -5.35. The second kappa shape index (κ2) is 22.2. The number of hydrogen-bond acceptors (Lipinski definition) is 10. The van der Waals surface area contributed by atoms with Crippen molar-refractivity contribution < 1.29 is 33.5 Å². The van der Waals surface area contributed by atoms with Gasteiger partial charge in [0.05, 0.1) is 33.8 Å². The van der Waals surface area contributed by atoms with Gasteiger partial charge in [-0.3, -0.25) is 38.8 Å². The van der Waals surface area contributed by atoms with Gasteiger partial charge in [-0.05, 0) is 87.0 Å². The van der Waals surface area contributed by atoms with E-state index >= 15 is 0 Å². The molecule has 0 radical (unpaired) electrons. The number of benzene rings is 2. The van der Waals surface area contributed by atoms with Crippen molar-refractivity contribution in [2.24, 2.45) is 0 Å². The number of piperidine rings is 1. The van der Waals surface area contributed by atoms with E-state index < -0.39 is 18.0 Å². The molecule has 3 N–H and O–H groups in total. The second-order valence-electron chi connectivity index (χ2n) is 17.9. The van der Waals surface area contributed by atoms with Crippen LogP contribution >= 0.6 is 34.5 Å². The number of thiophene rings is 1. The zero-order chi connectivity index (χ0) is 47.0. The number of para-hydroxylation sites is 1. The maximum absolute atomic E-state index is 13.0. The number of amides is 6. The summed E-state index contributed by atoms with van der Waals surface area (Å²) in [6.07, 6.45) is 13.1. The fraction of sp³-hybridized carbons (Fsp3) is 0.460. The lowest BCUT2D eigenvalue weighted by Gasteiger charge is -2.33. The van der Waals surface area contributed by atoms with E-state index in [1.165, 1.54) is 16.2 Å². The van der Waals surface area contributed by atoms with E-state index in [9.17, 15) is 28.8 Å². The summed E-state index contributed by atoms with van der Waals surface area (Å²) in [5.74, 6) is 0.0726. The smallest absolute Gasteiger partial charge is 0.325 e. The highest BCUT2D eigenvalue weighted by Crippen LogP contribution is 2.42. The number of nitrogens with one attached hydrogen (secondary N) is 3. The minimum atomic E-state index is -0.731. The van der Waals surface area contributed by atoms with Crippen molar-refractivity contribution in [1.82, 2.24) is 35.3 Å². The Kier molecular flexibility index (Phi) is 15.9. The molecule has 8 rings (SSSR count). The van der Waals surface area contributed by atoms with Crippen LogP contribution in [0.3, 0.4) is 0 Å². The normalized spacial score (nSPS) is 17.1. The highest BCUT2D eigenvalue weighted by Gasteiger charge is 2.39. The largest absolute Gasteiger partial charge is 0.489 e. The van der Waals surface area contributed by atoms with E-state index in [1.54, 1.807) is 18.5 Å². The molecular weight excluding hydrogens is 914 g/mol. The summed E-state index contributed by atoms with van der Waals surface area (Å²) in [4.78, 5) is 88.8. The van der Waals surface area contributed by atoms with Crippen molar-refractivity contribution in [2.75, 3.05) is 32.7 Å². The average Bonchev–Trinajstić information content (AvgIpc) is 4.07. The third-order valence-electron chi connectivity index (χ3n) is 13.0. The summed E-state index contributed by atoms with van der Waals surface area (Å²) in [5, 5.41) is 7.89. The van der Waals surface area contributed by atoms with E-state index in [2.05, 4.69) is 25.5 Å². The lowest BCUT2D eigenvalue weighted by Crippen LogP contribution is -2.39. The fourth-order valence-electron chi connectivity index (χ4n) is 9.35. The molecule has 3 fully saturated rings. The Morgan fingerprint density at radius 1 is 0.896 bits per heavy atom. The van der Waals surface area contributed by atoms with Crippen LogP contribution in [0.4, 0.5) is 4.79 Å². The number of pyridine rings is 1. The standard InChI is InChI=1S/C50H57Cl2N7O7S/c1-31-24-33(51)26-39(38-16-20-53-41-27-36(67-48(38)41)30-58-44(62)14-15-45(58)63)47(31)66-35-17-22-57(23-18-35)21-9-19-54-43(61)13-7-5-3-2-4-6-10-34(60)29-59-49(64)42(56-50(59)65)25-32-28-55-46-37(32)11-8-12-40(46)52/h8,11-12,16,20,24,26-28,35,42,55H,2-7,9-10,13-15,17-19,21-23,25,29-30H2,1H3,(H,54,61)(H,56,65)/t42-/m1/s1. The monoisotopic (exact) mass is 969 g/mol. The number of nitrogens with zero attached hydrogens (tertiary/aromatic N) is 4. The third kappa shape index (κ3) is 11.9. The van der Waals surface area contributed by atoms with Crippen LogP contribution in [-0.4, -0.2) is 105 Å². The number of halogens is 2. The van der Waals surface area contributed by atoms with Crippen LogP contribution in [0.2, 0.25) is 10.0 Å². The van der Waals surface area contributed by atoms with E-state index in [0.29, 0.717) is 42.3 Å². The van der Waals surface area contributed by atoms with E-state index in [1.807, 2.05) is 43.3 Å². The summed E-state index contributed by atoms with van der Waals surface area (Å²) in [6, 6.07) is 12.1. The number of Topliss-reactive ketones (excluding diaryl/α,β-unsaturated/α-hetero) is 1. The molecule has 3 aliphatic heterocycles. The number of fused-ring (bicyclic) bond motifs is 2. The van der Waals surface area contributed by atoms with Crippen molar-refractivity contribution >= 4 is 91.1 Å². The minimum absolute atomic E-state index is 0.0370. The molecule has 6 heterocycles. The molecule has 354 valence electrons. The number of H-pyrrole nitrogens is 1. The van der Waals surface area contributed by atoms with Crippen LogP contribution in [0, 0.1) is 6.92 Å². The Labute approximate surface area is 404 Å². The van der Waals surface area contributed by atoms with Gasteiger partial charge in [0.15, 0.2) is 5.78 Å². The summed E-state index contributed by atoms with van der Waals surface area (Å²) >= 11 is 14.4. The topological polar surface area (TPSA) is 174 Å². The first-order chi connectivity index (χ1) is 32.4. The van der Waals surface area contributed by atoms with Gasteiger partial charge in [-0.25, -0.2) is 4.79 Å². The second-order valence-corrected chi connectivity index (χ2v) is 19.9. The van der Waals surface area contributed by atoms with Gasteiger partial charge in [0.25, 0.3) is 5.91 Å². The van der Waals surface area contributed by atoms with E-state index in [-0.39, 0.29) is 55.5 Å². The minimum Gasteiger partial charge on any atom is -0.489 e. The quantitative estimate of drug-likeness (QED) is 0.0348. The molecule has 3 aromatic heterocycles. The highest BCUT2D eigenvalue weighted by molar-refractivity contribution is 7.19. The zero-order valence-corrected chi connectivity index (χ0v) is 40.1. The van der Waals surface area contributed by atoms with Crippen LogP contribution in [-0.2, 0) is 36.9 Å². The van der Waals surface area contributed by atoms with Gasteiger partial charge in [-0.2, -0.15) is 0 Å².